The summed E-state index contributed by atoms with van der Waals surface area (Å²) in [6.07, 6.45) is 1.86. The summed E-state index contributed by atoms with van der Waals surface area (Å²) in [6, 6.07) is 6.91. The molecule has 3 nitrogen and oxygen atoms in total. The fourth-order valence-electron chi connectivity index (χ4n) is 1.90. The van der Waals surface area contributed by atoms with Crippen LogP contribution in [0.25, 0.3) is 5.69 Å². The maximum atomic E-state index is 6.08. The zero-order valence-corrected chi connectivity index (χ0v) is 12.6. The van der Waals surface area contributed by atoms with Crippen LogP contribution in [0.5, 0.6) is 0 Å². The van der Waals surface area contributed by atoms with Gasteiger partial charge in [0.25, 0.3) is 0 Å². The van der Waals surface area contributed by atoms with E-state index < -0.39 is 0 Å². The lowest BCUT2D eigenvalue weighted by atomic mass is 10.1. The SMILES string of the molecule is Cc1ccc(CNC(C)C)cc1-n1cc(Cl)c(C)n1. The molecular formula is C15H20ClN3. The third kappa shape index (κ3) is 3.37. The molecule has 0 radical (unpaired) electrons. The molecule has 0 fully saturated rings. The first kappa shape index (κ1) is 14.1. The normalized spacial score (nSPS) is 11.3. The Morgan fingerprint density at radius 1 is 1.32 bits per heavy atom. The van der Waals surface area contributed by atoms with E-state index >= 15 is 0 Å². The van der Waals surface area contributed by atoms with Crippen LogP contribution in [0.4, 0.5) is 0 Å². The second-order valence-corrected chi connectivity index (χ2v) is 5.57. The minimum absolute atomic E-state index is 0.478. The van der Waals surface area contributed by atoms with Gasteiger partial charge < -0.3 is 5.32 Å². The lowest BCUT2D eigenvalue weighted by Crippen LogP contribution is -2.21. The van der Waals surface area contributed by atoms with Crippen molar-refractivity contribution in [2.75, 3.05) is 0 Å². The van der Waals surface area contributed by atoms with E-state index in [1.807, 2.05) is 17.8 Å². The predicted molar refractivity (Wildman–Crippen MR) is 80.0 cm³/mol. The standard InChI is InChI=1S/C15H20ClN3/c1-10(2)17-8-13-6-5-11(3)15(7-13)19-9-14(16)12(4)18-19/h5-7,9-10,17H,8H2,1-4H3. The minimum atomic E-state index is 0.478. The second-order valence-electron chi connectivity index (χ2n) is 5.16. The molecule has 0 aliphatic heterocycles. The Morgan fingerprint density at radius 2 is 2.05 bits per heavy atom. The highest BCUT2D eigenvalue weighted by Gasteiger charge is 2.07. The summed E-state index contributed by atoms with van der Waals surface area (Å²) < 4.78 is 1.85. The average molecular weight is 278 g/mol. The molecule has 0 atom stereocenters. The molecule has 1 heterocycles. The third-order valence-electron chi connectivity index (χ3n) is 3.07. The monoisotopic (exact) mass is 277 g/mol. The first-order chi connectivity index (χ1) is 8.97. The van der Waals surface area contributed by atoms with E-state index in [2.05, 4.69) is 49.4 Å². The molecule has 0 saturated carbocycles. The summed E-state index contributed by atoms with van der Waals surface area (Å²) in [5.74, 6) is 0. The molecular weight excluding hydrogens is 258 g/mol. The van der Waals surface area contributed by atoms with Crippen LogP contribution in [0.1, 0.15) is 30.7 Å². The van der Waals surface area contributed by atoms with Crippen molar-refractivity contribution < 1.29 is 0 Å². The van der Waals surface area contributed by atoms with Crippen LogP contribution in [0.15, 0.2) is 24.4 Å². The maximum Gasteiger partial charge on any atom is 0.0819 e. The van der Waals surface area contributed by atoms with E-state index in [1.54, 1.807) is 0 Å². The number of aromatic nitrogens is 2. The van der Waals surface area contributed by atoms with E-state index in [9.17, 15) is 0 Å². The predicted octanol–water partition coefficient (Wildman–Crippen LogP) is 3.64. The van der Waals surface area contributed by atoms with Crippen molar-refractivity contribution in [3.8, 4) is 5.69 Å². The number of halogens is 1. The van der Waals surface area contributed by atoms with Crippen LogP contribution < -0.4 is 5.32 Å². The number of rotatable bonds is 4. The van der Waals surface area contributed by atoms with Gasteiger partial charge in [-0.1, -0.05) is 37.6 Å². The zero-order chi connectivity index (χ0) is 14.0. The van der Waals surface area contributed by atoms with Gasteiger partial charge in [-0.3, -0.25) is 0 Å². The Hall–Kier alpha value is -1.32. The molecule has 0 spiro atoms. The lowest BCUT2D eigenvalue weighted by molar-refractivity contribution is 0.588. The van der Waals surface area contributed by atoms with Crippen LogP contribution in [0, 0.1) is 13.8 Å². The highest BCUT2D eigenvalue weighted by Crippen LogP contribution is 2.20. The van der Waals surface area contributed by atoms with Gasteiger partial charge in [0.2, 0.25) is 0 Å². The highest BCUT2D eigenvalue weighted by atomic mass is 35.5. The maximum absolute atomic E-state index is 6.08. The van der Waals surface area contributed by atoms with Crippen LogP contribution in [0.3, 0.4) is 0 Å². The van der Waals surface area contributed by atoms with E-state index in [0.717, 1.165) is 17.9 Å². The highest BCUT2D eigenvalue weighted by molar-refractivity contribution is 6.31. The molecule has 0 bridgehead atoms. The first-order valence-electron chi connectivity index (χ1n) is 6.52. The number of nitrogens with zero attached hydrogens (tertiary/aromatic N) is 2. The van der Waals surface area contributed by atoms with Gasteiger partial charge in [0.1, 0.15) is 0 Å². The molecule has 2 aromatic rings. The van der Waals surface area contributed by atoms with Crippen LogP contribution in [-0.4, -0.2) is 15.8 Å². The van der Waals surface area contributed by atoms with Gasteiger partial charge in [0.05, 0.1) is 16.4 Å². The Labute approximate surface area is 119 Å². The van der Waals surface area contributed by atoms with E-state index in [4.69, 9.17) is 11.6 Å². The van der Waals surface area contributed by atoms with Crippen molar-refractivity contribution in [1.29, 1.82) is 0 Å². The third-order valence-corrected chi connectivity index (χ3v) is 3.44. The van der Waals surface area contributed by atoms with Gasteiger partial charge in [0, 0.05) is 18.8 Å². The Kier molecular flexibility index (Phi) is 4.27. The summed E-state index contributed by atoms with van der Waals surface area (Å²) in [5, 5.41) is 8.56. The van der Waals surface area contributed by atoms with Crippen molar-refractivity contribution in [2.24, 2.45) is 0 Å². The summed E-state index contributed by atoms with van der Waals surface area (Å²) in [5.41, 5.74) is 4.37. The largest absolute Gasteiger partial charge is 0.310 e. The molecule has 0 aliphatic rings. The Bertz CT molecular complexity index is 553. The van der Waals surface area contributed by atoms with Gasteiger partial charge in [-0.2, -0.15) is 5.10 Å². The van der Waals surface area contributed by atoms with E-state index in [1.165, 1.54) is 11.1 Å². The molecule has 4 heteroatoms. The molecule has 19 heavy (non-hydrogen) atoms. The molecule has 0 saturated heterocycles. The number of benzene rings is 1. The van der Waals surface area contributed by atoms with Crippen molar-refractivity contribution in [3.63, 3.8) is 0 Å². The Morgan fingerprint density at radius 3 is 2.63 bits per heavy atom. The summed E-state index contributed by atoms with van der Waals surface area (Å²) in [6.45, 7) is 9.15. The van der Waals surface area contributed by atoms with Gasteiger partial charge in [-0.05, 0) is 31.0 Å². The van der Waals surface area contributed by atoms with Crippen molar-refractivity contribution in [3.05, 3.63) is 46.2 Å². The first-order valence-corrected chi connectivity index (χ1v) is 6.90. The molecule has 2 rings (SSSR count). The van der Waals surface area contributed by atoms with Crippen LogP contribution in [-0.2, 0) is 6.54 Å². The second kappa shape index (κ2) is 5.76. The lowest BCUT2D eigenvalue weighted by Gasteiger charge is -2.11. The molecule has 1 aromatic carbocycles. The smallest absolute Gasteiger partial charge is 0.0819 e. The minimum Gasteiger partial charge on any atom is -0.310 e. The van der Waals surface area contributed by atoms with Gasteiger partial charge >= 0.3 is 0 Å². The van der Waals surface area contributed by atoms with Gasteiger partial charge in [-0.25, -0.2) is 4.68 Å². The number of hydrogen-bond donors (Lipinski definition) is 1. The number of hydrogen-bond acceptors (Lipinski definition) is 2. The van der Waals surface area contributed by atoms with Crippen LogP contribution >= 0.6 is 11.6 Å². The van der Waals surface area contributed by atoms with E-state index in [0.29, 0.717) is 11.1 Å². The summed E-state index contributed by atoms with van der Waals surface area (Å²) in [4.78, 5) is 0. The van der Waals surface area contributed by atoms with Gasteiger partial charge in [0.15, 0.2) is 0 Å². The van der Waals surface area contributed by atoms with Crippen molar-refractivity contribution in [2.45, 2.75) is 40.3 Å². The molecule has 102 valence electrons. The molecule has 1 N–H and O–H groups in total. The summed E-state index contributed by atoms with van der Waals surface area (Å²) >= 11 is 6.08. The summed E-state index contributed by atoms with van der Waals surface area (Å²) in [7, 11) is 0. The topological polar surface area (TPSA) is 29.9 Å². The number of nitrogens with one attached hydrogen (secondary N) is 1. The van der Waals surface area contributed by atoms with Crippen LogP contribution in [0.2, 0.25) is 5.02 Å². The average Bonchev–Trinajstić information content (AvgIpc) is 2.68. The fraction of sp³-hybridized carbons (Fsp3) is 0.400. The molecule has 1 aromatic heterocycles. The Balaban J connectivity index is 2.31. The molecule has 0 amide bonds. The molecule has 0 unspecified atom stereocenters. The fourth-order valence-corrected chi connectivity index (χ4v) is 2.03. The van der Waals surface area contributed by atoms with Crippen molar-refractivity contribution in [1.82, 2.24) is 15.1 Å². The quantitative estimate of drug-likeness (QED) is 0.925. The molecule has 0 aliphatic carbocycles. The zero-order valence-electron chi connectivity index (χ0n) is 11.9. The van der Waals surface area contributed by atoms with E-state index in [-0.39, 0.29) is 0 Å². The van der Waals surface area contributed by atoms with Gasteiger partial charge in [-0.15, -0.1) is 0 Å². The van der Waals surface area contributed by atoms with Crippen molar-refractivity contribution >= 4 is 11.6 Å². The number of aryl methyl sites for hydroxylation is 2.